The summed E-state index contributed by atoms with van der Waals surface area (Å²) in [4.78, 5) is 8.32. The van der Waals surface area contributed by atoms with Crippen LogP contribution in [0.2, 0.25) is 0 Å². The SMILES string of the molecule is CCOc1ncnc(NC2CC(Cl)C2)c1C. The molecule has 1 aliphatic carbocycles. The molecule has 1 aromatic heterocycles. The molecular weight excluding hydrogens is 226 g/mol. The van der Waals surface area contributed by atoms with Crippen molar-refractivity contribution in [3.8, 4) is 5.88 Å². The van der Waals surface area contributed by atoms with Gasteiger partial charge in [-0.3, -0.25) is 0 Å². The number of halogens is 1. The molecule has 0 radical (unpaired) electrons. The van der Waals surface area contributed by atoms with E-state index in [0.29, 0.717) is 23.9 Å². The number of hydrogen-bond donors (Lipinski definition) is 1. The number of anilines is 1. The monoisotopic (exact) mass is 241 g/mol. The first-order valence-corrected chi connectivity index (χ1v) is 5.99. The molecular formula is C11H16ClN3O. The largest absolute Gasteiger partial charge is 0.478 e. The van der Waals surface area contributed by atoms with Gasteiger partial charge in [-0.2, -0.15) is 0 Å². The lowest BCUT2D eigenvalue weighted by molar-refractivity contribution is 0.323. The normalized spacial score (nSPS) is 23.7. The van der Waals surface area contributed by atoms with E-state index in [1.165, 1.54) is 6.33 Å². The molecule has 0 saturated heterocycles. The molecule has 1 N–H and O–H groups in total. The van der Waals surface area contributed by atoms with E-state index >= 15 is 0 Å². The van der Waals surface area contributed by atoms with E-state index in [0.717, 1.165) is 24.2 Å². The van der Waals surface area contributed by atoms with E-state index < -0.39 is 0 Å². The minimum atomic E-state index is 0.311. The first-order valence-electron chi connectivity index (χ1n) is 5.55. The lowest BCUT2D eigenvalue weighted by Gasteiger charge is -2.32. The van der Waals surface area contributed by atoms with Gasteiger partial charge >= 0.3 is 0 Å². The van der Waals surface area contributed by atoms with Crippen molar-refractivity contribution in [1.29, 1.82) is 0 Å². The molecule has 88 valence electrons. The van der Waals surface area contributed by atoms with E-state index in [1.54, 1.807) is 0 Å². The third kappa shape index (κ3) is 2.38. The van der Waals surface area contributed by atoms with Crippen molar-refractivity contribution in [2.24, 2.45) is 0 Å². The van der Waals surface area contributed by atoms with Crippen LogP contribution in [0.3, 0.4) is 0 Å². The maximum atomic E-state index is 5.93. The Hall–Kier alpha value is -1.03. The van der Waals surface area contributed by atoms with Gasteiger partial charge in [-0.1, -0.05) is 0 Å². The molecule has 0 atom stereocenters. The summed E-state index contributed by atoms with van der Waals surface area (Å²) in [5.74, 6) is 1.51. The summed E-state index contributed by atoms with van der Waals surface area (Å²) in [6.07, 6.45) is 3.51. The fourth-order valence-electron chi connectivity index (χ4n) is 1.72. The average molecular weight is 242 g/mol. The first-order chi connectivity index (χ1) is 7.70. The predicted molar refractivity (Wildman–Crippen MR) is 64.2 cm³/mol. The highest BCUT2D eigenvalue weighted by atomic mass is 35.5. The van der Waals surface area contributed by atoms with E-state index in [-0.39, 0.29) is 0 Å². The van der Waals surface area contributed by atoms with Gasteiger partial charge in [0, 0.05) is 11.4 Å². The van der Waals surface area contributed by atoms with Crippen LogP contribution in [-0.4, -0.2) is 28.0 Å². The van der Waals surface area contributed by atoms with Crippen LogP contribution in [0, 0.1) is 6.92 Å². The van der Waals surface area contributed by atoms with Crippen LogP contribution in [0.1, 0.15) is 25.3 Å². The van der Waals surface area contributed by atoms with E-state index in [9.17, 15) is 0 Å². The average Bonchev–Trinajstić information content (AvgIpc) is 2.22. The Kier molecular flexibility index (Phi) is 3.49. The van der Waals surface area contributed by atoms with Crippen molar-refractivity contribution < 1.29 is 4.74 Å². The van der Waals surface area contributed by atoms with Gasteiger partial charge < -0.3 is 10.1 Å². The van der Waals surface area contributed by atoms with Crippen molar-refractivity contribution in [2.75, 3.05) is 11.9 Å². The second-order valence-electron chi connectivity index (χ2n) is 4.00. The lowest BCUT2D eigenvalue weighted by atomic mass is 9.92. The molecule has 2 rings (SSSR count). The highest BCUT2D eigenvalue weighted by Crippen LogP contribution is 2.30. The highest BCUT2D eigenvalue weighted by molar-refractivity contribution is 6.21. The van der Waals surface area contributed by atoms with Crippen LogP contribution in [0.15, 0.2) is 6.33 Å². The highest BCUT2D eigenvalue weighted by Gasteiger charge is 2.27. The zero-order valence-corrected chi connectivity index (χ0v) is 10.3. The van der Waals surface area contributed by atoms with Gasteiger partial charge in [-0.15, -0.1) is 11.6 Å². The fraction of sp³-hybridized carbons (Fsp3) is 0.636. The molecule has 0 bridgehead atoms. The minimum Gasteiger partial charge on any atom is -0.478 e. The lowest BCUT2D eigenvalue weighted by Crippen LogP contribution is -2.36. The van der Waals surface area contributed by atoms with Crippen molar-refractivity contribution in [1.82, 2.24) is 9.97 Å². The maximum absolute atomic E-state index is 5.93. The third-order valence-electron chi connectivity index (χ3n) is 2.74. The second-order valence-corrected chi connectivity index (χ2v) is 4.61. The summed E-state index contributed by atoms with van der Waals surface area (Å²) in [5.41, 5.74) is 0.961. The van der Waals surface area contributed by atoms with E-state index in [1.807, 2.05) is 13.8 Å². The topological polar surface area (TPSA) is 47.0 Å². The third-order valence-corrected chi connectivity index (χ3v) is 3.10. The van der Waals surface area contributed by atoms with Crippen molar-refractivity contribution in [3.05, 3.63) is 11.9 Å². The second kappa shape index (κ2) is 4.87. The van der Waals surface area contributed by atoms with Gasteiger partial charge in [0.25, 0.3) is 0 Å². The molecule has 16 heavy (non-hydrogen) atoms. The molecule has 0 spiro atoms. The number of nitrogens with zero attached hydrogens (tertiary/aromatic N) is 2. The van der Waals surface area contributed by atoms with Crippen molar-refractivity contribution in [2.45, 2.75) is 38.1 Å². The minimum absolute atomic E-state index is 0.311. The molecule has 0 amide bonds. The fourth-order valence-corrected chi connectivity index (χ4v) is 2.15. The number of ether oxygens (including phenoxy) is 1. The zero-order chi connectivity index (χ0) is 11.5. The van der Waals surface area contributed by atoms with E-state index in [4.69, 9.17) is 16.3 Å². The first kappa shape index (κ1) is 11.5. The summed E-state index contributed by atoms with van der Waals surface area (Å²) in [5, 5.41) is 3.67. The Morgan fingerprint density at radius 1 is 1.50 bits per heavy atom. The molecule has 1 saturated carbocycles. The van der Waals surface area contributed by atoms with Crippen LogP contribution in [-0.2, 0) is 0 Å². The molecule has 1 aliphatic rings. The molecule has 5 heteroatoms. The predicted octanol–water partition coefficient (Wildman–Crippen LogP) is 2.37. The molecule has 4 nitrogen and oxygen atoms in total. The van der Waals surface area contributed by atoms with Gasteiger partial charge in [-0.25, -0.2) is 9.97 Å². The van der Waals surface area contributed by atoms with Gasteiger partial charge in [0.15, 0.2) is 0 Å². The molecule has 1 fully saturated rings. The summed E-state index contributed by atoms with van der Waals surface area (Å²) < 4.78 is 5.41. The molecule has 0 aliphatic heterocycles. The molecule has 0 aromatic carbocycles. The zero-order valence-electron chi connectivity index (χ0n) is 9.53. The van der Waals surface area contributed by atoms with Crippen LogP contribution in [0.5, 0.6) is 5.88 Å². The van der Waals surface area contributed by atoms with Crippen LogP contribution < -0.4 is 10.1 Å². The van der Waals surface area contributed by atoms with Crippen LogP contribution in [0.25, 0.3) is 0 Å². The summed E-state index contributed by atoms with van der Waals surface area (Å²) in [7, 11) is 0. The molecule has 1 heterocycles. The summed E-state index contributed by atoms with van der Waals surface area (Å²) in [6.45, 7) is 4.52. The number of aromatic nitrogens is 2. The van der Waals surface area contributed by atoms with Gasteiger partial charge in [-0.05, 0) is 26.7 Å². The Morgan fingerprint density at radius 2 is 2.25 bits per heavy atom. The Bertz CT molecular complexity index is 366. The van der Waals surface area contributed by atoms with Crippen molar-refractivity contribution in [3.63, 3.8) is 0 Å². The van der Waals surface area contributed by atoms with Crippen LogP contribution in [0.4, 0.5) is 5.82 Å². The Morgan fingerprint density at radius 3 is 2.88 bits per heavy atom. The summed E-state index contributed by atoms with van der Waals surface area (Å²) in [6, 6.07) is 0.436. The Labute approximate surface area is 100 Å². The number of hydrogen-bond acceptors (Lipinski definition) is 4. The van der Waals surface area contributed by atoms with E-state index in [2.05, 4.69) is 15.3 Å². The number of rotatable bonds is 4. The van der Waals surface area contributed by atoms with Gasteiger partial charge in [0.1, 0.15) is 12.1 Å². The number of alkyl halides is 1. The standard InChI is InChI=1S/C11H16ClN3O/c1-3-16-11-7(2)10(13-6-14-11)15-9-4-8(12)5-9/h6,8-9H,3-5H2,1-2H3,(H,13,14,15). The van der Waals surface area contributed by atoms with Crippen LogP contribution >= 0.6 is 11.6 Å². The Balaban J connectivity index is 2.05. The number of nitrogens with one attached hydrogen (secondary N) is 1. The molecule has 1 aromatic rings. The summed E-state index contributed by atoms with van der Waals surface area (Å²) >= 11 is 5.93. The quantitative estimate of drug-likeness (QED) is 0.823. The van der Waals surface area contributed by atoms with Crippen molar-refractivity contribution >= 4 is 17.4 Å². The smallest absolute Gasteiger partial charge is 0.221 e. The van der Waals surface area contributed by atoms with Gasteiger partial charge in [0.05, 0.1) is 12.2 Å². The van der Waals surface area contributed by atoms with Gasteiger partial charge in [0.2, 0.25) is 5.88 Å². The molecule has 0 unspecified atom stereocenters. The maximum Gasteiger partial charge on any atom is 0.221 e.